The topological polar surface area (TPSA) is 82.5 Å². The predicted octanol–water partition coefficient (Wildman–Crippen LogP) is 0.800. The number of hydrogen-bond donors (Lipinski definition) is 1. The summed E-state index contributed by atoms with van der Waals surface area (Å²) in [5, 5.41) is 0.341. The third-order valence-electron chi connectivity index (χ3n) is 4.38. The highest BCUT2D eigenvalue weighted by Crippen LogP contribution is 2.26. The zero-order valence-electron chi connectivity index (χ0n) is 15.7. The smallest absolute Gasteiger partial charge is 0.328 e. The number of esters is 1. The second-order valence-electron chi connectivity index (χ2n) is 6.72. The number of halogens is 2. The molecule has 1 atom stereocenters. The quantitative estimate of drug-likeness (QED) is 0.514. The molecule has 3 aromatic rings. The van der Waals surface area contributed by atoms with Crippen LogP contribution in [-0.2, 0) is 4.79 Å². The van der Waals surface area contributed by atoms with Gasteiger partial charge in [-0.05, 0) is 42.7 Å². The van der Waals surface area contributed by atoms with Gasteiger partial charge in [-0.25, -0.2) is 9.18 Å². The van der Waals surface area contributed by atoms with Gasteiger partial charge in [0, 0.05) is 6.07 Å². The third kappa shape index (κ3) is 4.24. The van der Waals surface area contributed by atoms with Crippen molar-refractivity contribution in [3.8, 4) is 16.9 Å². The molecule has 2 N–H and O–H groups in total. The summed E-state index contributed by atoms with van der Waals surface area (Å²) in [6.07, 6.45) is 0. The number of rotatable bonds is 4. The number of fused-ring (bicyclic) bond motifs is 1. The number of carbonyl (C=O) groups is 1. The van der Waals surface area contributed by atoms with Crippen LogP contribution in [-0.4, -0.2) is 12.0 Å². The highest BCUT2D eigenvalue weighted by Gasteiger charge is 2.20. The van der Waals surface area contributed by atoms with E-state index in [1.807, 2.05) is 13.8 Å². The van der Waals surface area contributed by atoms with Crippen molar-refractivity contribution in [2.45, 2.75) is 26.8 Å². The van der Waals surface area contributed by atoms with E-state index < -0.39 is 12.0 Å². The van der Waals surface area contributed by atoms with E-state index >= 15 is 0 Å². The molecule has 0 saturated carbocycles. The molecule has 3 rings (SSSR count). The van der Waals surface area contributed by atoms with Gasteiger partial charge in [0.15, 0.2) is 0 Å². The molecular weight excluding hydrogens is 385 g/mol. The van der Waals surface area contributed by atoms with E-state index in [1.165, 1.54) is 42.5 Å². The summed E-state index contributed by atoms with van der Waals surface area (Å²) < 4.78 is 24.2. The predicted molar refractivity (Wildman–Crippen MR) is 101 cm³/mol. The van der Waals surface area contributed by atoms with Gasteiger partial charge < -0.3 is 27.3 Å². The standard InChI is InChI=1S/C21H20FNO4.ClH/c1-11(2)19(23)21(25)27-15-8-9-16-17(10-15)26-12(3)18(20(16)24)13-4-6-14(22)7-5-13;/h4-11,19H,23H2,1-3H3;1H/p-1. The van der Waals surface area contributed by atoms with Crippen LogP contribution in [0.3, 0.4) is 0 Å². The average molecular weight is 405 g/mol. The molecular formula is C21H20ClFNO4-. The zero-order valence-corrected chi connectivity index (χ0v) is 16.4. The molecule has 0 aliphatic rings. The molecule has 0 aliphatic heterocycles. The van der Waals surface area contributed by atoms with Crippen LogP contribution < -0.4 is 28.3 Å². The van der Waals surface area contributed by atoms with E-state index in [1.54, 1.807) is 6.92 Å². The van der Waals surface area contributed by atoms with Crippen molar-refractivity contribution in [3.05, 3.63) is 64.3 Å². The normalized spacial score (nSPS) is 11.9. The van der Waals surface area contributed by atoms with Crippen LogP contribution in [0.5, 0.6) is 5.75 Å². The first kappa shape index (κ1) is 21.6. The van der Waals surface area contributed by atoms with E-state index in [4.69, 9.17) is 14.9 Å². The van der Waals surface area contributed by atoms with Crippen LogP contribution in [0.4, 0.5) is 4.39 Å². The summed E-state index contributed by atoms with van der Waals surface area (Å²) in [7, 11) is 0. The fraction of sp³-hybridized carbons (Fsp3) is 0.238. The van der Waals surface area contributed by atoms with Crippen molar-refractivity contribution in [2.24, 2.45) is 11.7 Å². The second kappa shape index (κ2) is 8.54. The number of benzene rings is 2. The minimum absolute atomic E-state index is 0. The summed E-state index contributed by atoms with van der Waals surface area (Å²) in [5.41, 5.74) is 6.79. The first-order chi connectivity index (χ1) is 12.8. The molecule has 0 fully saturated rings. The lowest BCUT2D eigenvalue weighted by Gasteiger charge is -2.14. The van der Waals surface area contributed by atoms with Gasteiger partial charge in [0.1, 0.15) is 29.0 Å². The minimum atomic E-state index is -0.740. The van der Waals surface area contributed by atoms with Crippen molar-refractivity contribution < 1.29 is 30.7 Å². The van der Waals surface area contributed by atoms with Crippen LogP contribution in [0.1, 0.15) is 19.6 Å². The molecule has 1 heterocycles. The zero-order chi connectivity index (χ0) is 19.7. The SMILES string of the molecule is Cc1oc2cc(OC(=O)C(N)C(C)C)ccc2c(=O)c1-c1ccc(F)cc1.[Cl-]. The molecule has 0 aliphatic carbocycles. The fourth-order valence-electron chi connectivity index (χ4n) is 2.76. The molecule has 5 nitrogen and oxygen atoms in total. The summed E-state index contributed by atoms with van der Waals surface area (Å²) in [6.45, 7) is 5.31. The van der Waals surface area contributed by atoms with Crippen molar-refractivity contribution in [2.75, 3.05) is 0 Å². The largest absolute Gasteiger partial charge is 1.00 e. The van der Waals surface area contributed by atoms with Gasteiger partial charge in [-0.1, -0.05) is 26.0 Å². The summed E-state index contributed by atoms with van der Waals surface area (Å²) >= 11 is 0. The van der Waals surface area contributed by atoms with Gasteiger partial charge in [-0.2, -0.15) is 0 Å². The Labute approximate surface area is 167 Å². The molecule has 28 heavy (non-hydrogen) atoms. The maximum atomic E-state index is 13.2. The lowest BCUT2D eigenvalue weighted by atomic mass is 10.0. The lowest BCUT2D eigenvalue weighted by Crippen LogP contribution is -3.00. The maximum Gasteiger partial charge on any atom is 0.328 e. The molecule has 148 valence electrons. The Morgan fingerprint density at radius 1 is 1.14 bits per heavy atom. The van der Waals surface area contributed by atoms with Crippen molar-refractivity contribution in [1.82, 2.24) is 0 Å². The third-order valence-corrected chi connectivity index (χ3v) is 4.38. The van der Waals surface area contributed by atoms with Gasteiger partial charge >= 0.3 is 5.97 Å². The van der Waals surface area contributed by atoms with Crippen LogP contribution in [0.15, 0.2) is 51.7 Å². The van der Waals surface area contributed by atoms with Crippen molar-refractivity contribution >= 4 is 16.9 Å². The number of hydrogen-bond acceptors (Lipinski definition) is 5. The van der Waals surface area contributed by atoms with Crippen molar-refractivity contribution in [3.63, 3.8) is 0 Å². The summed E-state index contributed by atoms with van der Waals surface area (Å²) in [4.78, 5) is 24.9. The van der Waals surface area contributed by atoms with Crippen molar-refractivity contribution in [1.29, 1.82) is 0 Å². The van der Waals surface area contributed by atoms with Crippen LogP contribution in [0.2, 0.25) is 0 Å². The van der Waals surface area contributed by atoms with Gasteiger partial charge in [-0.3, -0.25) is 4.79 Å². The molecule has 0 saturated heterocycles. The number of carbonyl (C=O) groups excluding carboxylic acids is 1. The Balaban J connectivity index is 0.00000280. The highest BCUT2D eigenvalue weighted by atomic mass is 35.5. The molecule has 7 heteroatoms. The molecule has 0 amide bonds. The Morgan fingerprint density at radius 2 is 1.79 bits per heavy atom. The van der Waals surface area contributed by atoms with Gasteiger partial charge in [-0.15, -0.1) is 0 Å². The number of aryl methyl sites for hydroxylation is 1. The Kier molecular flexibility index (Phi) is 6.59. The van der Waals surface area contributed by atoms with Crippen LogP contribution in [0.25, 0.3) is 22.1 Å². The summed E-state index contributed by atoms with van der Waals surface area (Å²) in [5.74, 6) is -0.349. The molecule has 0 spiro atoms. The van der Waals surface area contributed by atoms with Gasteiger partial charge in [0.2, 0.25) is 5.43 Å². The first-order valence-electron chi connectivity index (χ1n) is 8.58. The first-order valence-corrected chi connectivity index (χ1v) is 8.58. The van der Waals surface area contributed by atoms with Crippen LogP contribution in [0, 0.1) is 18.7 Å². The lowest BCUT2D eigenvalue weighted by molar-refractivity contribution is -0.136. The van der Waals surface area contributed by atoms with E-state index in [2.05, 4.69) is 0 Å². The van der Waals surface area contributed by atoms with E-state index in [9.17, 15) is 14.0 Å². The van der Waals surface area contributed by atoms with Gasteiger partial charge in [0.25, 0.3) is 0 Å². The Bertz CT molecular complexity index is 1060. The molecule has 0 radical (unpaired) electrons. The average Bonchev–Trinajstić information content (AvgIpc) is 2.62. The minimum Gasteiger partial charge on any atom is -1.00 e. The number of ether oxygens (including phenoxy) is 1. The molecule has 1 aromatic heterocycles. The second-order valence-corrected chi connectivity index (χ2v) is 6.72. The molecule has 2 aromatic carbocycles. The van der Waals surface area contributed by atoms with E-state index in [0.717, 1.165) is 0 Å². The highest BCUT2D eigenvalue weighted by molar-refractivity contribution is 5.85. The van der Waals surface area contributed by atoms with E-state index in [0.29, 0.717) is 27.9 Å². The fourth-order valence-corrected chi connectivity index (χ4v) is 2.76. The Hall–Kier alpha value is -2.70. The molecule has 1 unspecified atom stereocenters. The number of nitrogens with two attached hydrogens (primary N) is 1. The van der Waals surface area contributed by atoms with E-state index in [-0.39, 0.29) is 35.3 Å². The molecule has 0 bridgehead atoms. The maximum absolute atomic E-state index is 13.2. The Morgan fingerprint density at radius 3 is 2.39 bits per heavy atom. The monoisotopic (exact) mass is 404 g/mol. The van der Waals surface area contributed by atoms with Gasteiger partial charge in [0.05, 0.1) is 10.9 Å². The summed E-state index contributed by atoms with van der Waals surface area (Å²) in [6, 6.07) is 9.45. The van der Waals surface area contributed by atoms with Crippen LogP contribution >= 0.6 is 0 Å².